The summed E-state index contributed by atoms with van der Waals surface area (Å²) in [6, 6.07) is 7.32. The molecular weight excluding hydrogens is 362 g/mol. The van der Waals surface area contributed by atoms with Gasteiger partial charge in [-0.25, -0.2) is 0 Å². The van der Waals surface area contributed by atoms with Gasteiger partial charge in [0, 0.05) is 44.0 Å². The third-order valence-electron chi connectivity index (χ3n) is 4.54. The van der Waals surface area contributed by atoms with E-state index in [1.165, 1.54) is 18.2 Å². The Morgan fingerprint density at radius 3 is 2.00 bits per heavy atom. The predicted octanol–water partition coefficient (Wildman–Crippen LogP) is 0.457. The first-order valence-corrected chi connectivity index (χ1v) is 9.09. The van der Waals surface area contributed by atoms with Gasteiger partial charge in [-0.2, -0.15) is 0 Å². The van der Waals surface area contributed by atoms with Gasteiger partial charge in [0.1, 0.15) is 11.5 Å². The third-order valence-corrected chi connectivity index (χ3v) is 4.54. The van der Waals surface area contributed by atoms with Crippen molar-refractivity contribution in [1.82, 2.24) is 10.6 Å². The molecule has 8 nitrogen and oxygen atoms in total. The van der Waals surface area contributed by atoms with E-state index in [9.17, 15) is 19.8 Å². The zero-order valence-corrected chi connectivity index (χ0v) is 15.3. The van der Waals surface area contributed by atoms with E-state index in [4.69, 9.17) is 5.11 Å². The molecule has 0 aliphatic heterocycles. The van der Waals surface area contributed by atoms with Crippen molar-refractivity contribution in [3.63, 3.8) is 0 Å². The third kappa shape index (κ3) is 3.84. The monoisotopic (exact) mass is 385 g/mol. The van der Waals surface area contributed by atoms with Gasteiger partial charge in [0.15, 0.2) is 11.6 Å². The number of carbonyl (C=O) groups is 2. The van der Waals surface area contributed by atoms with Crippen LogP contribution in [0.5, 0.6) is 11.5 Å². The molecule has 1 aliphatic carbocycles. The van der Waals surface area contributed by atoms with E-state index in [0.717, 1.165) is 13.1 Å². The SMILES string of the molecule is O=C1c2cccc(NCCNCCNCCO)c2C(=O)c2c(O)ccc(O)c21. The van der Waals surface area contributed by atoms with Crippen molar-refractivity contribution in [2.75, 3.05) is 44.6 Å². The van der Waals surface area contributed by atoms with Crippen LogP contribution in [0.15, 0.2) is 30.3 Å². The van der Waals surface area contributed by atoms with Crippen LogP contribution in [0.25, 0.3) is 0 Å². The van der Waals surface area contributed by atoms with Gasteiger partial charge in [0.25, 0.3) is 0 Å². The molecule has 0 fully saturated rings. The van der Waals surface area contributed by atoms with Gasteiger partial charge >= 0.3 is 0 Å². The van der Waals surface area contributed by atoms with Gasteiger partial charge in [0.05, 0.1) is 23.3 Å². The summed E-state index contributed by atoms with van der Waals surface area (Å²) >= 11 is 0. The van der Waals surface area contributed by atoms with Crippen LogP contribution in [-0.2, 0) is 0 Å². The minimum atomic E-state index is -0.498. The minimum Gasteiger partial charge on any atom is -0.507 e. The van der Waals surface area contributed by atoms with E-state index in [0.29, 0.717) is 25.3 Å². The van der Waals surface area contributed by atoms with Gasteiger partial charge in [-0.15, -0.1) is 0 Å². The number of hydrogen-bond donors (Lipinski definition) is 6. The second-order valence-corrected chi connectivity index (χ2v) is 6.39. The largest absolute Gasteiger partial charge is 0.507 e. The van der Waals surface area contributed by atoms with Gasteiger partial charge in [-0.05, 0) is 18.2 Å². The molecule has 1 aliphatic rings. The number of rotatable bonds is 9. The molecule has 28 heavy (non-hydrogen) atoms. The average Bonchev–Trinajstić information content (AvgIpc) is 2.69. The second-order valence-electron chi connectivity index (χ2n) is 6.39. The maximum absolute atomic E-state index is 13.0. The number of anilines is 1. The Balaban J connectivity index is 1.73. The summed E-state index contributed by atoms with van der Waals surface area (Å²) in [6.45, 7) is 3.27. The lowest BCUT2D eigenvalue weighted by atomic mass is 9.82. The Labute approximate surface area is 162 Å². The number of hydrogen-bond acceptors (Lipinski definition) is 8. The zero-order valence-electron chi connectivity index (χ0n) is 15.3. The summed E-state index contributed by atoms with van der Waals surface area (Å²) in [5.41, 5.74) is 0.575. The predicted molar refractivity (Wildman–Crippen MR) is 104 cm³/mol. The van der Waals surface area contributed by atoms with Crippen molar-refractivity contribution in [1.29, 1.82) is 0 Å². The summed E-state index contributed by atoms with van der Waals surface area (Å²) in [4.78, 5) is 25.8. The molecule has 0 radical (unpaired) electrons. The first-order chi connectivity index (χ1) is 13.6. The minimum absolute atomic E-state index is 0.101. The van der Waals surface area contributed by atoms with Crippen LogP contribution in [0.3, 0.4) is 0 Å². The Morgan fingerprint density at radius 1 is 0.714 bits per heavy atom. The van der Waals surface area contributed by atoms with Crippen LogP contribution >= 0.6 is 0 Å². The van der Waals surface area contributed by atoms with Crippen LogP contribution in [0.2, 0.25) is 0 Å². The first kappa shape index (κ1) is 19.8. The highest BCUT2D eigenvalue weighted by atomic mass is 16.3. The van der Waals surface area contributed by atoms with Gasteiger partial charge in [-0.1, -0.05) is 12.1 Å². The van der Waals surface area contributed by atoms with E-state index in [1.807, 2.05) is 0 Å². The number of fused-ring (bicyclic) bond motifs is 2. The molecule has 8 heteroatoms. The number of aromatic hydroxyl groups is 2. The smallest absolute Gasteiger partial charge is 0.200 e. The number of benzene rings is 2. The molecule has 0 unspecified atom stereocenters. The number of carbonyl (C=O) groups excluding carboxylic acids is 2. The van der Waals surface area contributed by atoms with Crippen LogP contribution < -0.4 is 16.0 Å². The Morgan fingerprint density at radius 2 is 1.32 bits per heavy atom. The number of aliphatic hydroxyl groups is 1. The molecule has 0 heterocycles. The maximum atomic E-state index is 13.0. The summed E-state index contributed by atoms with van der Waals surface area (Å²) in [5, 5.41) is 38.2. The molecule has 2 aromatic carbocycles. The molecule has 0 bridgehead atoms. The Kier molecular flexibility index (Phi) is 6.25. The molecule has 2 aromatic rings. The lowest BCUT2D eigenvalue weighted by molar-refractivity contribution is 0.0974. The van der Waals surface area contributed by atoms with Crippen molar-refractivity contribution in [2.45, 2.75) is 0 Å². The fourth-order valence-electron chi connectivity index (χ4n) is 3.22. The standard InChI is InChI=1S/C20H23N3O5/c24-11-10-22-7-6-21-8-9-23-13-3-1-2-12-16(13)20(28)18-15(26)5-4-14(25)17(18)19(12)27/h1-5,21-26H,6-11H2. The van der Waals surface area contributed by atoms with Gasteiger partial charge in [0.2, 0.25) is 0 Å². The van der Waals surface area contributed by atoms with Crippen LogP contribution in [0, 0.1) is 0 Å². The van der Waals surface area contributed by atoms with Crippen LogP contribution in [-0.4, -0.2) is 66.2 Å². The molecule has 0 saturated heterocycles. The molecule has 0 saturated carbocycles. The fourth-order valence-corrected chi connectivity index (χ4v) is 3.22. The van der Waals surface area contributed by atoms with E-state index in [1.54, 1.807) is 12.1 Å². The highest BCUT2D eigenvalue weighted by Gasteiger charge is 2.35. The van der Waals surface area contributed by atoms with Crippen molar-refractivity contribution in [2.24, 2.45) is 0 Å². The van der Waals surface area contributed by atoms with E-state index >= 15 is 0 Å². The van der Waals surface area contributed by atoms with Crippen LogP contribution in [0.4, 0.5) is 5.69 Å². The number of nitrogens with one attached hydrogen (secondary N) is 3. The molecule has 0 spiro atoms. The van der Waals surface area contributed by atoms with E-state index in [2.05, 4.69) is 16.0 Å². The zero-order chi connectivity index (χ0) is 20.1. The highest BCUT2D eigenvalue weighted by molar-refractivity contribution is 6.31. The van der Waals surface area contributed by atoms with Crippen molar-refractivity contribution >= 4 is 17.3 Å². The summed E-state index contributed by atoms with van der Waals surface area (Å²) in [6.07, 6.45) is 0. The molecule has 0 aromatic heterocycles. The number of phenolic OH excluding ortho intramolecular Hbond substituents is 2. The van der Waals surface area contributed by atoms with E-state index < -0.39 is 11.6 Å². The maximum Gasteiger partial charge on any atom is 0.200 e. The summed E-state index contributed by atoms with van der Waals surface area (Å²) < 4.78 is 0. The molecule has 0 amide bonds. The van der Waals surface area contributed by atoms with E-state index in [-0.39, 0.29) is 40.4 Å². The number of ketones is 2. The summed E-state index contributed by atoms with van der Waals surface area (Å²) in [7, 11) is 0. The second kappa shape index (κ2) is 8.83. The first-order valence-electron chi connectivity index (χ1n) is 9.09. The van der Waals surface area contributed by atoms with Gasteiger partial charge < -0.3 is 31.3 Å². The number of phenols is 2. The van der Waals surface area contributed by atoms with Crippen molar-refractivity contribution in [3.05, 3.63) is 52.6 Å². The quantitative estimate of drug-likeness (QED) is 0.231. The Bertz CT molecular complexity index is 898. The summed E-state index contributed by atoms with van der Waals surface area (Å²) in [5.74, 6) is -1.64. The number of aliphatic hydroxyl groups excluding tert-OH is 1. The van der Waals surface area contributed by atoms with Crippen molar-refractivity contribution in [3.8, 4) is 11.5 Å². The lowest BCUT2D eigenvalue weighted by Gasteiger charge is -2.22. The molecule has 3 rings (SSSR count). The fraction of sp³-hybridized carbons (Fsp3) is 0.300. The molecule has 6 N–H and O–H groups in total. The normalized spacial score (nSPS) is 12.6. The topological polar surface area (TPSA) is 131 Å². The molecule has 148 valence electrons. The van der Waals surface area contributed by atoms with Crippen molar-refractivity contribution < 1.29 is 24.9 Å². The van der Waals surface area contributed by atoms with Gasteiger partial charge in [-0.3, -0.25) is 9.59 Å². The highest BCUT2D eigenvalue weighted by Crippen LogP contribution is 2.39. The van der Waals surface area contributed by atoms with Crippen LogP contribution in [0.1, 0.15) is 31.8 Å². The molecule has 0 atom stereocenters. The lowest BCUT2D eigenvalue weighted by Crippen LogP contribution is -2.32. The molecular formula is C20H23N3O5. The average molecular weight is 385 g/mol. The Hall–Kier alpha value is -2.94.